The zero-order valence-electron chi connectivity index (χ0n) is 10.7. The predicted octanol–water partition coefficient (Wildman–Crippen LogP) is 2.54. The lowest BCUT2D eigenvalue weighted by molar-refractivity contribution is 0.187. The molecule has 0 fully saturated rings. The Morgan fingerprint density at radius 3 is 2.41 bits per heavy atom. The van der Waals surface area contributed by atoms with Crippen LogP contribution in [-0.2, 0) is 6.42 Å². The van der Waals surface area contributed by atoms with Gasteiger partial charge in [0, 0.05) is 11.5 Å². The van der Waals surface area contributed by atoms with Crippen LogP contribution < -0.4 is 5.73 Å². The maximum Gasteiger partial charge on any atom is 0.0474 e. The van der Waals surface area contributed by atoms with Crippen molar-refractivity contribution in [3.05, 3.63) is 29.8 Å². The Morgan fingerprint density at radius 1 is 1.29 bits per heavy atom. The number of thioether (sulfide) groups is 1. The van der Waals surface area contributed by atoms with Gasteiger partial charge in [-0.25, -0.2) is 0 Å². The maximum atomic E-state index is 9.21. The standard InChI is InChI=1S/C14H23NOS/c1-3-17-14-6-4-12(5-7-14)8-11(2)13(9-15)10-16/h4-7,11,13,16H,3,8-10,15H2,1-2H3. The maximum absolute atomic E-state index is 9.21. The lowest BCUT2D eigenvalue weighted by atomic mass is 9.89. The molecule has 0 aliphatic heterocycles. The van der Waals surface area contributed by atoms with Gasteiger partial charge in [-0.3, -0.25) is 0 Å². The summed E-state index contributed by atoms with van der Waals surface area (Å²) in [5, 5.41) is 9.21. The summed E-state index contributed by atoms with van der Waals surface area (Å²) in [6.45, 7) is 5.05. The second-order valence-electron chi connectivity index (χ2n) is 4.44. The summed E-state index contributed by atoms with van der Waals surface area (Å²) in [6.07, 6.45) is 0.986. The lowest BCUT2D eigenvalue weighted by Gasteiger charge is -2.20. The second-order valence-corrected chi connectivity index (χ2v) is 5.77. The van der Waals surface area contributed by atoms with Crippen LogP contribution in [0.15, 0.2) is 29.2 Å². The minimum absolute atomic E-state index is 0.182. The summed E-state index contributed by atoms with van der Waals surface area (Å²) in [4.78, 5) is 1.32. The van der Waals surface area contributed by atoms with Gasteiger partial charge in [-0.15, -0.1) is 11.8 Å². The Labute approximate surface area is 109 Å². The third kappa shape index (κ3) is 4.70. The van der Waals surface area contributed by atoms with Crippen LogP contribution in [0.4, 0.5) is 0 Å². The summed E-state index contributed by atoms with van der Waals surface area (Å²) in [7, 11) is 0. The molecule has 2 atom stereocenters. The first kappa shape index (κ1) is 14.6. The van der Waals surface area contributed by atoms with Crippen molar-refractivity contribution in [2.75, 3.05) is 18.9 Å². The SMILES string of the molecule is CCSc1ccc(CC(C)C(CN)CO)cc1. The number of hydrogen-bond acceptors (Lipinski definition) is 3. The van der Waals surface area contributed by atoms with E-state index in [0.29, 0.717) is 12.5 Å². The molecule has 0 saturated heterocycles. The Balaban J connectivity index is 2.56. The van der Waals surface area contributed by atoms with Crippen LogP contribution in [0.25, 0.3) is 0 Å². The molecule has 0 heterocycles. The van der Waals surface area contributed by atoms with E-state index in [9.17, 15) is 5.11 Å². The van der Waals surface area contributed by atoms with Gasteiger partial charge in [-0.1, -0.05) is 26.0 Å². The van der Waals surface area contributed by atoms with Gasteiger partial charge in [-0.2, -0.15) is 0 Å². The molecule has 2 nitrogen and oxygen atoms in total. The molecule has 3 N–H and O–H groups in total. The highest BCUT2D eigenvalue weighted by molar-refractivity contribution is 7.99. The van der Waals surface area contributed by atoms with Gasteiger partial charge in [-0.05, 0) is 48.3 Å². The third-order valence-corrected chi connectivity index (χ3v) is 4.03. The lowest BCUT2D eigenvalue weighted by Crippen LogP contribution is -2.26. The zero-order chi connectivity index (χ0) is 12.7. The number of hydrogen-bond donors (Lipinski definition) is 2. The highest BCUT2D eigenvalue weighted by Crippen LogP contribution is 2.21. The molecule has 2 unspecified atom stereocenters. The molecule has 0 spiro atoms. The fourth-order valence-corrected chi connectivity index (χ4v) is 2.58. The normalized spacial score (nSPS) is 14.6. The van der Waals surface area contributed by atoms with Crippen molar-refractivity contribution in [2.45, 2.75) is 25.2 Å². The first-order valence-corrected chi connectivity index (χ1v) is 7.22. The molecule has 96 valence electrons. The van der Waals surface area contributed by atoms with E-state index in [4.69, 9.17) is 5.73 Å². The summed E-state index contributed by atoms with van der Waals surface area (Å²) in [5.41, 5.74) is 6.96. The molecule has 0 bridgehead atoms. The van der Waals surface area contributed by atoms with Crippen LogP contribution in [-0.4, -0.2) is 24.0 Å². The third-order valence-electron chi connectivity index (χ3n) is 3.13. The van der Waals surface area contributed by atoms with Gasteiger partial charge >= 0.3 is 0 Å². The van der Waals surface area contributed by atoms with Gasteiger partial charge in [0.25, 0.3) is 0 Å². The predicted molar refractivity (Wildman–Crippen MR) is 75.3 cm³/mol. The molecule has 0 radical (unpaired) electrons. The molecule has 1 aromatic carbocycles. The fraction of sp³-hybridized carbons (Fsp3) is 0.571. The van der Waals surface area contributed by atoms with E-state index in [-0.39, 0.29) is 12.5 Å². The molecule has 0 aliphatic carbocycles. The van der Waals surface area contributed by atoms with Crippen LogP contribution in [0, 0.1) is 11.8 Å². The largest absolute Gasteiger partial charge is 0.396 e. The number of rotatable bonds is 7. The van der Waals surface area contributed by atoms with Crippen LogP contribution >= 0.6 is 11.8 Å². The highest BCUT2D eigenvalue weighted by Gasteiger charge is 2.15. The monoisotopic (exact) mass is 253 g/mol. The minimum atomic E-state index is 0.182. The van der Waals surface area contributed by atoms with E-state index in [1.807, 2.05) is 11.8 Å². The number of aliphatic hydroxyl groups is 1. The number of benzene rings is 1. The summed E-state index contributed by atoms with van der Waals surface area (Å²) >= 11 is 1.86. The Hall–Kier alpha value is -0.510. The van der Waals surface area contributed by atoms with E-state index in [0.717, 1.165) is 12.2 Å². The van der Waals surface area contributed by atoms with E-state index in [1.54, 1.807) is 0 Å². The van der Waals surface area contributed by atoms with Crippen LogP contribution in [0.3, 0.4) is 0 Å². The van der Waals surface area contributed by atoms with Gasteiger partial charge in [0.15, 0.2) is 0 Å². The van der Waals surface area contributed by atoms with Crippen LogP contribution in [0.2, 0.25) is 0 Å². The molecule has 1 rings (SSSR count). The van der Waals surface area contributed by atoms with E-state index in [2.05, 4.69) is 38.1 Å². The molecule has 0 amide bonds. The Bertz CT molecular complexity index is 309. The first-order valence-electron chi connectivity index (χ1n) is 6.23. The fourth-order valence-electron chi connectivity index (χ4n) is 1.91. The summed E-state index contributed by atoms with van der Waals surface area (Å²) < 4.78 is 0. The van der Waals surface area contributed by atoms with Crippen molar-refractivity contribution in [1.82, 2.24) is 0 Å². The number of nitrogens with two attached hydrogens (primary N) is 1. The minimum Gasteiger partial charge on any atom is -0.396 e. The molecule has 17 heavy (non-hydrogen) atoms. The van der Waals surface area contributed by atoms with Crippen LogP contribution in [0.5, 0.6) is 0 Å². The average molecular weight is 253 g/mol. The average Bonchev–Trinajstić information content (AvgIpc) is 2.33. The Morgan fingerprint density at radius 2 is 1.94 bits per heavy atom. The van der Waals surface area contributed by atoms with Crippen LogP contribution in [0.1, 0.15) is 19.4 Å². The van der Waals surface area contributed by atoms with Crippen molar-refractivity contribution in [3.63, 3.8) is 0 Å². The Kier molecular flexibility index (Phi) is 6.63. The van der Waals surface area contributed by atoms with Crippen molar-refractivity contribution in [3.8, 4) is 0 Å². The van der Waals surface area contributed by atoms with E-state index in [1.165, 1.54) is 10.5 Å². The second kappa shape index (κ2) is 7.75. The molecule has 0 aromatic heterocycles. The molecule has 0 aliphatic rings. The van der Waals surface area contributed by atoms with Gasteiger partial charge in [0.05, 0.1) is 0 Å². The van der Waals surface area contributed by atoms with E-state index >= 15 is 0 Å². The van der Waals surface area contributed by atoms with Gasteiger partial charge in [0.2, 0.25) is 0 Å². The van der Waals surface area contributed by atoms with Gasteiger partial charge in [0.1, 0.15) is 0 Å². The molecular formula is C14H23NOS. The summed E-state index contributed by atoms with van der Waals surface area (Å²) in [6, 6.07) is 8.71. The van der Waals surface area contributed by atoms with Crippen molar-refractivity contribution >= 4 is 11.8 Å². The topological polar surface area (TPSA) is 46.2 Å². The van der Waals surface area contributed by atoms with Crippen molar-refractivity contribution in [2.24, 2.45) is 17.6 Å². The highest BCUT2D eigenvalue weighted by atomic mass is 32.2. The zero-order valence-corrected chi connectivity index (χ0v) is 11.5. The van der Waals surface area contributed by atoms with Crippen molar-refractivity contribution < 1.29 is 5.11 Å². The molecule has 3 heteroatoms. The number of aliphatic hydroxyl groups excluding tert-OH is 1. The molecular weight excluding hydrogens is 230 g/mol. The smallest absolute Gasteiger partial charge is 0.0474 e. The van der Waals surface area contributed by atoms with Crippen molar-refractivity contribution in [1.29, 1.82) is 0 Å². The van der Waals surface area contributed by atoms with E-state index < -0.39 is 0 Å². The van der Waals surface area contributed by atoms with Gasteiger partial charge < -0.3 is 10.8 Å². The summed E-state index contributed by atoms with van der Waals surface area (Å²) in [5.74, 6) is 1.74. The molecule has 0 saturated carbocycles. The quantitative estimate of drug-likeness (QED) is 0.734. The first-order chi connectivity index (χ1) is 8.21. The molecule has 1 aromatic rings.